The molecule has 0 bridgehead atoms. The highest BCUT2D eigenvalue weighted by atomic mass is 35.5. The number of primary amides is 1. The highest BCUT2D eigenvalue weighted by Crippen LogP contribution is 2.18. The van der Waals surface area contributed by atoms with Crippen molar-refractivity contribution in [3.05, 3.63) is 34.3 Å². The van der Waals surface area contributed by atoms with Crippen LogP contribution in [0.2, 0.25) is 5.02 Å². The summed E-state index contributed by atoms with van der Waals surface area (Å²) in [6, 6.07) is 5.07. The van der Waals surface area contributed by atoms with Gasteiger partial charge >= 0.3 is 6.03 Å². The Bertz CT molecular complexity index is 505. The molecule has 0 aliphatic heterocycles. The molecule has 3 N–H and O–H groups in total. The van der Waals surface area contributed by atoms with Crippen LogP contribution in [0.1, 0.15) is 24.5 Å². The summed E-state index contributed by atoms with van der Waals surface area (Å²) < 4.78 is 0. The lowest BCUT2D eigenvalue weighted by Crippen LogP contribution is -2.43. The van der Waals surface area contributed by atoms with Crippen LogP contribution < -0.4 is 11.1 Å². The number of carbonyl (C=O) groups excluding carboxylic acids is 2. The molecule has 0 aromatic heterocycles. The van der Waals surface area contributed by atoms with Crippen molar-refractivity contribution in [2.45, 2.75) is 32.9 Å². The highest BCUT2D eigenvalue weighted by molar-refractivity contribution is 6.31. The van der Waals surface area contributed by atoms with Gasteiger partial charge in [-0.05, 0) is 31.0 Å². The number of nitrogens with zero attached hydrogens (tertiary/aromatic N) is 1. The first-order valence-electron chi connectivity index (χ1n) is 6.36. The van der Waals surface area contributed by atoms with Crippen LogP contribution in [-0.4, -0.2) is 29.9 Å². The fourth-order valence-electron chi connectivity index (χ4n) is 1.77. The Hall–Kier alpha value is -1.75. The van der Waals surface area contributed by atoms with Crippen molar-refractivity contribution in [2.75, 3.05) is 7.05 Å². The van der Waals surface area contributed by atoms with Crippen LogP contribution in [0.3, 0.4) is 0 Å². The van der Waals surface area contributed by atoms with E-state index in [1.54, 1.807) is 14.0 Å². The van der Waals surface area contributed by atoms with Gasteiger partial charge in [-0.15, -0.1) is 0 Å². The summed E-state index contributed by atoms with van der Waals surface area (Å²) >= 11 is 6.02. The van der Waals surface area contributed by atoms with Gasteiger partial charge in [0, 0.05) is 31.1 Å². The molecule has 110 valence electrons. The van der Waals surface area contributed by atoms with Gasteiger partial charge in [-0.3, -0.25) is 4.79 Å². The normalized spacial score (nSPS) is 11.8. The maximum Gasteiger partial charge on any atom is 0.317 e. The van der Waals surface area contributed by atoms with Crippen molar-refractivity contribution >= 4 is 23.5 Å². The van der Waals surface area contributed by atoms with Crippen LogP contribution >= 0.6 is 11.6 Å². The number of rotatable bonds is 5. The monoisotopic (exact) mass is 297 g/mol. The van der Waals surface area contributed by atoms with E-state index in [0.29, 0.717) is 11.6 Å². The van der Waals surface area contributed by atoms with Crippen LogP contribution in [0.15, 0.2) is 18.2 Å². The Labute approximate surface area is 124 Å². The quantitative estimate of drug-likeness (QED) is 0.873. The Balaban J connectivity index is 2.58. The standard InChI is InChI=1S/C14H20ClN3O2/c1-9(7-13(16)19)18(3)14(20)17-8-11-5-4-6-12(15)10(11)2/h4-6,9H,7-8H2,1-3H3,(H2,16,19)(H,17,20). The van der Waals surface area contributed by atoms with Gasteiger partial charge in [-0.2, -0.15) is 0 Å². The first-order valence-corrected chi connectivity index (χ1v) is 6.73. The van der Waals surface area contributed by atoms with E-state index in [0.717, 1.165) is 11.1 Å². The second kappa shape index (κ2) is 7.14. The smallest absolute Gasteiger partial charge is 0.317 e. The number of hydrogen-bond donors (Lipinski definition) is 2. The molecule has 5 nitrogen and oxygen atoms in total. The third-order valence-electron chi connectivity index (χ3n) is 3.29. The van der Waals surface area contributed by atoms with Gasteiger partial charge in [-0.1, -0.05) is 23.7 Å². The van der Waals surface area contributed by atoms with Crippen molar-refractivity contribution in [2.24, 2.45) is 5.73 Å². The predicted molar refractivity (Wildman–Crippen MR) is 79.5 cm³/mol. The number of carbonyl (C=O) groups is 2. The Morgan fingerprint density at radius 1 is 1.45 bits per heavy atom. The summed E-state index contributed by atoms with van der Waals surface area (Å²) in [5, 5.41) is 3.47. The van der Waals surface area contributed by atoms with Crippen molar-refractivity contribution in [3.63, 3.8) is 0 Å². The molecular weight excluding hydrogens is 278 g/mol. The Morgan fingerprint density at radius 2 is 2.10 bits per heavy atom. The highest BCUT2D eigenvalue weighted by Gasteiger charge is 2.17. The van der Waals surface area contributed by atoms with E-state index in [1.807, 2.05) is 25.1 Å². The first kappa shape index (κ1) is 16.3. The summed E-state index contributed by atoms with van der Waals surface area (Å²) in [5.74, 6) is -0.428. The van der Waals surface area contributed by atoms with Crippen LogP contribution in [0.4, 0.5) is 4.79 Å². The van der Waals surface area contributed by atoms with Gasteiger partial charge in [0.2, 0.25) is 5.91 Å². The maximum absolute atomic E-state index is 12.0. The molecule has 20 heavy (non-hydrogen) atoms. The fraction of sp³-hybridized carbons (Fsp3) is 0.429. The van der Waals surface area contributed by atoms with E-state index in [2.05, 4.69) is 5.32 Å². The zero-order valence-electron chi connectivity index (χ0n) is 11.9. The number of amides is 3. The maximum atomic E-state index is 12.0. The van der Waals surface area contributed by atoms with Crippen molar-refractivity contribution in [3.8, 4) is 0 Å². The predicted octanol–water partition coefficient (Wildman–Crippen LogP) is 2.05. The van der Waals surface area contributed by atoms with Gasteiger partial charge in [-0.25, -0.2) is 4.79 Å². The summed E-state index contributed by atoms with van der Waals surface area (Å²) in [7, 11) is 1.63. The van der Waals surface area contributed by atoms with E-state index >= 15 is 0 Å². The third kappa shape index (κ3) is 4.42. The molecule has 0 aliphatic carbocycles. The van der Waals surface area contributed by atoms with Crippen LogP contribution in [0.25, 0.3) is 0 Å². The number of nitrogens with two attached hydrogens (primary N) is 1. The summed E-state index contributed by atoms with van der Waals surface area (Å²) in [6.07, 6.45) is 0.139. The van der Waals surface area contributed by atoms with Crippen LogP contribution in [0, 0.1) is 6.92 Å². The molecule has 0 aliphatic rings. The Kier molecular flexibility index (Phi) is 5.82. The number of halogens is 1. The van der Waals surface area contributed by atoms with E-state index in [4.69, 9.17) is 17.3 Å². The minimum Gasteiger partial charge on any atom is -0.370 e. The number of urea groups is 1. The molecule has 3 amide bonds. The molecule has 0 radical (unpaired) electrons. The van der Waals surface area contributed by atoms with Crippen LogP contribution in [0.5, 0.6) is 0 Å². The van der Waals surface area contributed by atoms with E-state index in [1.165, 1.54) is 4.90 Å². The van der Waals surface area contributed by atoms with E-state index in [-0.39, 0.29) is 18.5 Å². The molecule has 1 aromatic carbocycles. The summed E-state index contributed by atoms with van der Waals surface area (Å²) in [4.78, 5) is 24.3. The lowest BCUT2D eigenvalue weighted by atomic mass is 10.1. The molecule has 0 heterocycles. The van der Waals surface area contributed by atoms with E-state index in [9.17, 15) is 9.59 Å². The number of benzene rings is 1. The van der Waals surface area contributed by atoms with Crippen molar-refractivity contribution in [1.29, 1.82) is 0 Å². The van der Waals surface area contributed by atoms with Crippen molar-refractivity contribution in [1.82, 2.24) is 10.2 Å². The summed E-state index contributed by atoms with van der Waals surface area (Å²) in [5.41, 5.74) is 7.03. The SMILES string of the molecule is Cc1c(Cl)cccc1CNC(=O)N(C)C(C)CC(N)=O. The van der Waals surface area contributed by atoms with Gasteiger partial charge < -0.3 is 16.0 Å². The average Bonchev–Trinajstić information content (AvgIpc) is 2.38. The van der Waals surface area contributed by atoms with Crippen LogP contribution in [-0.2, 0) is 11.3 Å². The third-order valence-corrected chi connectivity index (χ3v) is 3.70. The molecule has 1 aromatic rings. The zero-order valence-corrected chi connectivity index (χ0v) is 12.7. The molecule has 1 unspecified atom stereocenters. The topological polar surface area (TPSA) is 75.4 Å². The first-order chi connectivity index (χ1) is 9.32. The molecule has 0 saturated heterocycles. The molecule has 6 heteroatoms. The molecular formula is C14H20ClN3O2. The number of hydrogen-bond acceptors (Lipinski definition) is 2. The molecule has 1 rings (SSSR count). The minimum absolute atomic E-state index is 0.139. The fourth-order valence-corrected chi connectivity index (χ4v) is 1.96. The molecule has 0 saturated carbocycles. The largest absolute Gasteiger partial charge is 0.370 e. The second-order valence-electron chi connectivity index (χ2n) is 4.81. The molecule has 0 spiro atoms. The molecule has 1 atom stereocenters. The lowest BCUT2D eigenvalue weighted by Gasteiger charge is -2.24. The van der Waals surface area contributed by atoms with Gasteiger partial charge in [0.25, 0.3) is 0 Å². The van der Waals surface area contributed by atoms with Gasteiger partial charge in [0.15, 0.2) is 0 Å². The average molecular weight is 298 g/mol. The Morgan fingerprint density at radius 3 is 2.70 bits per heavy atom. The zero-order chi connectivity index (χ0) is 15.3. The van der Waals surface area contributed by atoms with E-state index < -0.39 is 5.91 Å². The summed E-state index contributed by atoms with van der Waals surface area (Å²) in [6.45, 7) is 4.07. The van der Waals surface area contributed by atoms with Gasteiger partial charge in [0.1, 0.15) is 0 Å². The minimum atomic E-state index is -0.428. The number of nitrogens with one attached hydrogen (secondary N) is 1. The van der Waals surface area contributed by atoms with Gasteiger partial charge in [0.05, 0.1) is 0 Å². The van der Waals surface area contributed by atoms with Crippen molar-refractivity contribution < 1.29 is 9.59 Å². The lowest BCUT2D eigenvalue weighted by molar-refractivity contribution is -0.118. The molecule has 0 fully saturated rings. The second-order valence-corrected chi connectivity index (χ2v) is 5.22.